The van der Waals surface area contributed by atoms with Gasteiger partial charge in [0.2, 0.25) is 0 Å². The predicted octanol–water partition coefficient (Wildman–Crippen LogP) is 6.18. The van der Waals surface area contributed by atoms with E-state index in [9.17, 15) is 4.79 Å². The number of nitrogens with zero attached hydrogens (tertiary/aromatic N) is 1. The zero-order valence-electron chi connectivity index (χ0n) is 22.2. The molecule has 6 heteroatoms. The normalized spacial score (nSPS) is 29.3. The molecule has 0 N–H and O–H groups in total. The molecular formula is C30H39NO5. The van der Waals surface area contributed by atoms with Crippen LogP contribution in [0, 0.1) is 11.8 Å². The van der Waals surface area contributed by atoms with Gasteiger partial charge in [-0.1, -0.05) is 30.3 Å². The minimum Gasteiger partial charge on any atom is -0.497 e. The van der Waals surface area contributed by atoms with Gasteiger partial charge < -0.3 is 23.8 Å². The number of hydrogen-bond donors (Lipinski definition) is 0. The highest BCUT2D eigenvalue weighted by atomic mass is 16.6. The third-order valence-electron chi connectivity index (χ3n) is 7.96. The van der Waals surface area contributed by atoms with Crippen LogP contribution in [0.2, 0.25) is 0 Å². The number of piperidine rings is 1. The number of benzene rings is 2. The molecule has 6 nitrogen and oxygen atoms in total. The minimum absolute atomic E-state index is 0.0565. The van der Waals surface area contributed by atoms with Crippen molar-refractivity contribution in [2.45, 2.75) is 76.8 Å². The van der Waals surface area contributed by atoms with E-state index in [1.165, 1.54) is 5.56 Å². The highest BCUT2D eigenvalue weighted by Crippen LogP contribution is 2.54. The zero-order chi connectivity index (χ0) is 25.5. The molecule has 3 heterocycles. The molecule has 36 heavy (non-hydrogen) atoms. The van der Waals surface area contributed by atoms with Gasteiger partial charge in [-0.2, -0.15) is 0 Å². The Morgan fingerprint density at radius 2 is 1.94 bits per heavy atom. The number of carbonyl (C=O) groups excluding carboxylic acids is 1. The van der Waals surface area contributed by atoms with Crippen LogP contribution in [0.4, 0.5) is 4.79 Å². The number of methoxy groups -OCH3 is 1. The van der Waals surface area contributed by atoms with Crippen molar-refractivity contribution in [2.75, 3.05) is 20.2 Å². The number of ether oxygens (including phenoxy) is 4. The average molecular weight is 494 g/mol. The average Bonchev–Trinajstić information content (AvgIpc) is 2.86. The number of aryl methyl sites for hydroxylation is 1. The Morgan fingerprint density at radius 1 is 1.17 bits per heavy atom. The van der Waals surface area contributed by atoms with Crippen molar-refractivity contribution >= 4 is 6.09 Å². The van der Waals surface area contributed by atoms with Gasteiger partial charge in [0.25, 0.3) is 0 Å². The summed E-state index contributed by atoms with van der Waals surface area (Å²) < 4.78 is 24.9. The summed E-state index contributed by atoms with van der Waals surface area (Å²) in [6, 6.07) is 16.6. The maximum absolute atomic E-state index is 12.8. The molecule has 194 valence electrons. The number of carbonyl (C=O) groups is 1. The van der Waals surface area contributed by atoms with Gasteiger partial charge in [0.1, 0.15) is 22.7 Å². The van der Waals surface area contributed by atoms with Crippen molar-refractivity contribution in [3.05, 3.63) is 59.7 Å². The minimum atomic E-state index is -0.502. The summed E-state index contributed by atoms with van der Waals surface area (Å²) in [5.41, 5.74) is 1.49. The molecule has 2 aromatic carbocycles. The zero-order valence-corrected chi connectivity index (χ0v) is 22.2. The predicted molar refractivity (Wildman–Crippen MR) is 138 cm³/mol. The number of fused-ring (bicyclic) bond motifs is 4. The Labute approximate surface area is 214 Å². The van der Waals surface area contributed by atoms with Crippen molar-refractivity contribution in [2.24, 2.45) is 11.8 Å². The van der Waals surface area contributed by atoms with Crippen LogP contribution in [0.25, 0.3) is 0 Å². The first kappa shape index (κ1) is 24.9. The lowest BCUT2D eigenvalue weighted by Gasteiger charge is -2.54. The van der Waals surface area contributed by atoms with Gasteiger partial charge in [0, 0.05) is 30.5 Å². The number of rotatable bonds is 4. The Balaban J connectivity index is 1.41. The van der Waals surface area contributed by atoms with Crippen LogP contribution in [-0.4, -0.2) is 48.5 Å². The monoisotopic (exact) mass is 493 g/mol. The Kier molecular flexibility index (Phi) is 6.67. The van der Waals surface area contributed by atoms with Crippen molar-refractivity contribution in [1.29, 1.82) is 0 Å². The highest BCUT2D eigenvalue weighted by Gasteiger charge is 2.53. The largest absolute Gasteiger partial charge is 0.497 e. The van der Waals surface area contributed by atoms with Crippen molar-refractivity contribution in [3.8, 4) is 11.5 Å². The van der Waals surface area contributed by atoms with Crippen LogP contribution < -0.4 is 9.47 Å². The molecule has 3 aliphatic rings. The molecule has 5 atom stereocenters. The van der Waals surface area contributed by atoms with E-state index in [4.69, 9.17) is 18.9 Å². The van der Waals surface area contributed by atoms with E-state index >= 15 is 0 Å². The molecular weight excluding hydrogens is 454 g/mol. The van der Waals surface area contributed by atoms with Crippen LogP contribution >= 0.6 is 0 Å². The lowest BCUT2D eigenvalue weighted by Crippen LogP contribution is -2.57. The molecule has 3 aliphatic heterocycles. The van der Waals surface area contributed by atoms with Gasteiger partial charge in [-0.15, -0.1) is 0 Å². The Morgan fingerprint density at radius 3 is 2.67 bits per heavy atom. The second-order valence-corrected chi connectivity index (χ2v) is 11.7. The second kappa shape index (κ2) is 9.62. The van der Waals surface area contributed by atoms with E-state index in [1.54, 1.807) is 7.11 Å². The standard InChI is InChI=1S/C30H39NO5/c1-29(2,3)36-28(32)31-16-14-25-21(19-31)17-24-27(34-25)23-18-22(33-5)11-12-26(23)35-30(24,4)15-13-20-9-7-6-8-10-20/h6-12,18,21,24-25,27H,13-17,19H2,1-5H3/t21-,24-,25-,27+,30-/m1/s1. The molecule has 0 aromatic heterocycles. The number of amides is 1. The molecule has 1 amide bonds. The lowest BCUT2D eigenvalue weighted by molar-refractivity contribution is -0.191. The fourth-order valence-electron chi connectivity index (χ4n) is 6.07. The fraction of sp³-hybridized carbons (Fsp3) is 0.567. The highest BCUT2D eigenvalue weighted by molar-refractivity contribution is 5.68. The molecule has 0 spiro atoms. The third-order valence-corrected chi connectivity index (χ3v) is 7.96. The topological polar surface area (TPSA) is 57.2 Å². The van der Waals surface area contributed by atoms with E-state index < -0.39 is 5.60 Å². The molecule has 5 rings (SSSR count). The summed E-state index contributed by atoms with van der Waals surface area (Å²) in [6.45, 7) is 9.28. The summed E-state index contributed by atoms with van der Waals surface area (Å²) in [5, 5.41) is 0. The van der Waals surface area contributed by atoms with Gasteiger partial charge in [0.05, 0.1) is 19.3 Å². The fourth-order valence-corrected chi connectivity index (χ4v) is 6.07. The van der Waals surface area contributed by atoms with Crippen LogP contribution in [-0.2, 0) is 15.9 Å². The van der Waals surface area contributed by atoms with Gasteiger partial charge in [-0.05, 0) is 77.1 Å². The smallest absolute Gasteiger partial charge is 0.410 e. The van der Waals surface area contributed by atoms with Gasteiger partial charge >= 0.3 is 6.09 Å². The van der Waals surface area contributed by atoms with Crippen molar-refractivity contribution < 1.29 is 23.7 Å². The van der Waals surface area contributed by atoms with Gasteiger partial charge in [-0.3, -0.25) is 0 Å². The van der Waals surface area contributed by atoms with Crippen LogP contribution in [0.1, 0.15) is 64.2 Å². The summed E-state index contributed by atoms with van der Waals surface area (Å²) in [7, 11) is 1.69. The second-order valence-electron chi connectivity index (χ2n) is 11.7. The third kappa shape index (κ3) is 5.06. The van der Waals surface area contributed by atoms with Crippen LogP contribution in [0.5, 0.6) is 11.5 Å². The van der Waals surface area contributed by atoms with E-state index in [-0.39, 0.29) is 35.7 Å². The number of hydrogen-bond acceptors (Lipinski definition) is 5. The Hall–Kier alpha value is -2.73. The summed E-state index contributed by atoms with van der Waals surface area (Å²) in [4.78, 5) is 14.7. The molecule has 0 unspecified atom stereocenters. The van der Waals surface area contributed by atoms with Crippen molar-refractivity contribution in [3.63, 3.8) is 0 Å². The van der Waals surface area contributed by atoms with E-state index in [1.807, 2.05) is 37.8 Å². The summed E-state index contributed by atoms with van der Waals surface area (Å²) >= 11 is 0. The number of likely N-dealkylation sites (tertiary alicyclic amines) is 1. The van der Waals surface area contributed by atoms with E-state index in [0.717, 1.165) is 42.7 Å². The first-order valence-electron chi connectivity index (χ1n) is 13.2. The Bertz CT molecular complexity index is 1080. The molecule has 2 saturated heterocycles. The first-order chi connectivity index (χ1) is 17.1. The van der Waals surface area contributed by atoms with Gasteiger partial charge in [0.15, 0.2) is 0 Å². The van der Waals surface area contributed by atoms with Crippen LogP contribution in [0.15, 0.2) is 48.5 Å². The quantitative estimate of drug-likeness (QED) is 0.509. The van der Waals surface area contributed by atoms with E-state index in [2.05, 4.69) is 43.3 Å². The maximum atomic E-state index is 12.8. The molecule has 0 radical (unpaired) electrons. The summed E-state index contributed by atoms with van der Waals surface area (Å²) in [6.07, 6.45) is 3.40. The lowest BCUT2D eigenvalue weighted by atomic mass is 9.68. The molecule has 0 saturated carbocycles. The maximum Gasteiger partial charge on any atom is 0.410 e. The molecule has 2 aromatic rings. The molecule has 0 aliphatic carbocycles. The first-order valence-corrected chi connectivity index (χ1v) is 13.2. The van der Waals surface area contributed by atoms with Gasteiger partial charge in [-0.25, -0.2) is 4.79 Å². The molecule has 0 bridgehead atoms. The SMILES string of the molecule is COc1ccc2c(c1)[C@@H]1O[C@@H]3CCN(C(=O)OC(C)(C)C)C[C@H]3C[C@H]1[C@@](C)(CCc1ccccc1)O2. The molecule has 2 fully saturated rings. The van der Waals surface area contributed by atoms with E-state index in [0.29, 0.717) is 13.1 Å². The van der Waals surface area contributed by atoms with Crippen molar-refractivity contribution in [1.82, 2.24) is 4.90 Å². The van der Waals surface area contributed by atoms with Crippen LogP contribution in [0.3, 0.4) is 0 Å². The summed E-state index contributed by atoms with van der Waals surface area (Å²) in [5.74, 6) is 2.12.